The highest BCUT2D eigenvalue weighted by atomic mass is 79.9. The van der Waals surface area contributed by atoms with Gasteiger partial charge in [-0.2, -0.15) is 0 Å². The minimum Gasteiger partial charge on any atom is -0.364 e. The van der Waals surface area contributed by atoms with Crippen LogP contribution in [0.15, 0.2) is 59.3 Å². The zero-order valence-corrected chi connectivity index (χ0v) is 22.1. The van der Waals surface area contributed by atoms with E-state index >= 15 is 0 Å². The Morgan fingerprint density at radius 1 is 0.906 bits per heavy atom. The Hall–Kier alpha value is -1.59. The zero-order chi connectivity index (χ0) is 21.1. The maximum absolute atomic E-state index is 4.60. The Morgan fingerprint density at radius 2 is 1.53 bits per heavy atom. The van der Waals surface area contributed by atoms with E-state index in [4.69, 9.17) is 0 Å². The molecule has 0 saturated carbocycles. The van der Waals surface area contributed by atoms with Crippen LogP contribution in [0.4, 0.5) is 5.69 Å². The predicted molar refractivity (Wildman–Crippen MR) is 145 cm³/mol. The fraction of sp³-hybridized carbons (Fsp3) is 0.346. The number of halogens is 3. The van der Waals surface area contributed by atoms with Crippen LogP contribution < -0.4 is 10.2 Å². The fourth-order valence-corrected chi connectivity index (χ4v) is 4.58. The van der Waals surface area contributed by atoms with Gasteiger partial charge in [0.1, 0.15) is 0 Å². The number of hydrogen-bond acceptors (Lipinski definition) is 3. The van der Waals surface area contributed by atoms with Crippen LogP contribution in [0.25, 0.3) is 11.1 Å². The molecule has 0 atom stereocenters. The summed E-state index contributed by atoms with van der Waals surface area (Å²) < 4.78 is 1.12. The van der Waals surface area contributed by atoms with Crippen LogP contribution in [0.5, 0.6) is 0 Å². The van der Waals surface area contributed by atoms with Gasteiger partial charge in [0.2, 0.25) is 0 Å². The third-order valence-corrected chi connectivity index (χ3v) is 6.84. The molecule has 0 aliphatic carbocycles. The average molecular weight is 537 g/mol. The van der Waals surface area contributed by atoms with Crippen molar-refractivity contribution in [1.29, 1.82) is 0 Å². The second kappa shape index (κ2) is 12.0. The zero-order valence-electron chi connectivity index (χ0n) is 18.9. The number of anilines is 1. The SMILES string of the molecule is Cc1cc(-c2cncc(CN(c3ccc(Br)cc3)C3CCNCC3)c2)cc(C)c1C.Cl.Cl. The lowest BCUT2D eigenvalue weighted by molar-refractivity contribution is 0.428. The number of piperidine rings is 1. The smallest absolute Gasteiger partial charge is 0.0448 e. The third-order valence-electron chi connectivity index (χ3n) is 6.32. The van der Waals surface area contributed by atoms with E-state index in [-0.39, 0.29) is 24.8 Å². The summed E-state index contributed by atoms with van der Waals surface area (Å²) in [5.74, 6) is 0. The highest BCUT2D eigenvalue weighted by molar-refractivity contribution is 9.10. The van der Waals surface area contributed by atoms with Gasteiger partial charge >= 0.3 is 0 Å². The summed E-state index contributed by atoms with van der Waals surface area (Å²) in [6.07, 6.45) is 6.34. The lowest BCUT2D eigenvalue weighted by Gasteiger charge is -2.36. The highest BCUT2D eigenvalue weighted by Gasteiger charge is 2.22. The van der Waals surface area contributed by atoms with E-state index in [1.807, 2.05) is 12.4 Å². The Balaban J connectivity index is 0.00000181. The van der Waals surface area contributed by atoms with Gasteiger partial charge in [-0.05, 0) is 105 Å². The average Bonchev–Trinajstić information content (AvgIpc) is 2.77. The number of hydrogen-bond donors (Lipinski definition) is 1. The van der Waals surface area contributed by atoms with Gasteiger partial charge < -0.3 is 10.2 Å². The molecular formula is C26H32BrCl2N3. The molecule has 1 aliphatic rings. The lowest BCUT2D eigenvalue weighted by atomic mass is 9.96. The summed E-state index contributed by atoms with van der Waals surface area (Å²) in [7, 11) is 0. The topological polar surface area (TPSA) is 28.2 Å². The summed E-state index contributed by atoms with van der Waals surface area (Å²) in [6.45, 7) is 9.61. The highest BCUT2D eigenvalue weighted by Crippen LogP contribution is 2.28. The van der Waals surface area contributed by atoms with Crippen molar-refractivity contribution in [2.45, 2.75) is 46.2 Å². The Morgan fingerprint density at radius 3 is 2.16 bits per heavy atom. The predicted octanol–water partition coefficient (Wildman–Crippen LogP) is 7.04. The third kappa shape index (κ3) is 6.26. The molecule has 172 valence electrons. The van der Waals surface area contributed by atoms with Crippen molar-refractivity contribution in [3.63, 3.8) is 0 Å². The minimum absolute atomic E-state index is 0. The first-order valence-corrected chi connectivity index (χ1v) is 11.6. The molecule has 3 nitrogen and oxygen atoms in total. The van der Waals surface area contributed by atoms with Gasteiger partial charge in [-0.25, -0.2) is 0 Å². The summed E-state index contributed by atoms with van der Waals surface area (Å²) in [5, 5.41) is 3.49. The largest absolute Gasteiger partial charge is 0.364 e. The molecule has 6 heteroatoms. The molecule has 2 aromatic carbocycles. The standard InChI is InChI=1S/C26H30BrN3.2ClH/c1-18-12-22(13-19(2)20(18)3)23-14-21(15-29-16-23)17-30(26-8-10-28-11-9-26)25-6-4-24(27)5-7-25;;/h4-7,12-16,26,28H,8-11,17H2,1-3H3;2*1H. The Bertz CT molecular complexity index is 995. The van der Waals surface area contributed by atoms with Gasteiger partial charge in [-0.3, -0.25) is 4.98 Å². The molecule has 3 aromatic rings. The molecule has 4 rings (SSSR count). The molecule has 1 N–H and O–H groups in total. The molecular weight excluding hydrogens is 505 g/mol. The summed E-state index contributed by atoms with van der Waals surface area (Å²) >= 11 is 3.57. The minimum atomic E-state index is 0. The first-order valence-electron chi connectivity index (χ1n) is 10.8. The van der Waals surface area contributed by atoms with Crippen molar-refractivity contribution in [1.82, 2.24) is 10.3 Å². The maximum Gasteiger partial charge on any atom is 0.0448 e. The van der Waals surface area contributed by atoms with E-state index in [1.54, 1.807) is 0 Å². The van der Waals surface area contributed by atoms with E-state index in [9.17, 15) is 0 Å². The molecule has 1 aliphatic heterocycles. The van der Waals surface area contributed by atoms with Crippen molar-refractivity contribution in [2.75, 3.05) is 18.0 Å². The van der Waals surface area contributed by atoms with Crippen LogP contribution >= 0.6 is 40.7 Å². The number of nitrogens with zero attached hydrogens (tertiary/aromatic N) is 2. The monoisotopic (exact) mass is 535 g/mol. The second-order valence-electron chi connectivity index (χ2n) is 8.40. The molecule has 1 saturated heterocycles. The van der Waals surface area contributed by atoms with E-state index < -0.39 is 0 Å². The van der Waals surface area contributed by atoms with Gasteiger partial charge in [0.15, 0.2) is 0 Å². The van der Waals surface area contributed by atoms with Gasteiger partial charge in [0.25, 0.3) is 0 Å². The first kappa shape index (κ1) is 26.7. The molecule has 1 aromatic heterocycles. The van der Waals surface area contributed by atoms with Crippen molar-refractivity contribution >= 4 is 46.4 Å². The molecule has 0 spiro atoms. The van der Waals surface area contributed by atoms with Crippen molar-refractivity contribution in [3.8, 4) is 11.1 Å². The molecule has 2 heterocycles. The lowest BCUT2D eigenvalue weighted by Crippen LogP contribution is -2.43. The van der Waals surface area contributed by atoms with Crippen LogP contribution in [0, 0.1) is 20.8 Å². The molecule has 1 fully saturated rings. The Labute approximate surface area is 213 Å². The number of rotatable bonds is 5. The number of pyridine rings is 1. The quantitative estimate of drug-likeness (QED) is 0.379. The Kier molecular flexibility index (Phi) is 10.0. The van der Waals surface area contributed by atoms with E-state index in [2.05, 4.69) is 94.4 Å². The van der Waals surface area contributed by atoms with Gasteiger partial charge in [-0.15, -0.1) is 24.8 Å². The van der Waals surface area contributed by atoms with Crippen LogP contribution in [0.3, 0.4) is 0 Å². The molecule has 0 unspecified atom stereocenters. The van der Waals surface area contributed by atoms with Crippen LogP contribution in [-0.4, -0.2) is 24.1 Å². The maximum atomic E-state index is 4.60. The van der Waals surface area contributed by atoms with E-state index in [1.165, 1.54) is 51.9 Å². The van der Waals surface area contributed by atoms with Crippen LogP contribution in [0.2, 0.25) is 0 Å². The normalized spacial score (nSPS) is 13.8. The molecule has 0 amide bonds. The van der Waals surface area contributed by atoms with Gasteiger partial charge in [0.05, 0.1) is 0 Å². The first-order chi connectivity index (χ1) is 14.5. The summed E-state index contributed by atoms with van der Waals surface area (Å²) in [4.78, 5) is 7.16. The molecule has 0 radical (unpaired) electrons. The molecule has 32 heavy (non-hydrogen) atoms. The van der Waals surface area contributed by atoms with Crippen molar-refractivity contribution in [3.05, 3.63) is 81.6 Å². The summed E-state index contributed by atoms with van der Waals surface area (Å²) in [5.41, 5.74) is 9.02. The number of benzene rings is 2. The van der Waals surface area contributed by atoms with Crippen molar-refractivity contribution in [2.24, 2.45) is 0 Å². The van der Waals surface area contributed by atoms with E-state index in [0.29, 0.717) is 6.04 Å². The second-order valence-corrected chi connectivity index (χ2v) is 9.32. The fourth-order valence-electron chi connectivity index (χ4n) is 4.31. The van der Waals surface area contributed by atoms with Crippen LogP contribution in [0.1, 0.15) is 35.1 Å². The van der Waals surface area contributed by atoms with Gasteiger partial charge in [-0.1, -0.05) is 28.1 Å². The number of nitrogens with one attached hydrogen (secondary N) is 1. The summed E-state index contributed by atoms with van der Waals surface area (Å²) in [6, 6.07) is 16.1. The van der Waals surface area contributed by atoms with E-state index in [0.717, 1.165) is 24.1 Å². The van der Waals surface area contributed by atoms with Crippen LogP contribution in [-0.2, 0) is 6.54 Å². The number of aryl methyl sites for hydroxylation is 2. The molecule has 0 bridgehead atoms. The van der Waals surface area contributed by atoms with Crippen molar-refractivity contribution < 1.29 is 0 Å². The van der Waals surface area contributed by atoms with Gasteiger partial charge in [0, 0.05) is 40.7 Å². The number of aromatic nitrogens is 1.